The maximum Gasteiger partial charge on any atom is 0.132 e. The van der Waals surface area contributed by atoms with Crippen molar-refractivity contribution in [1.82, 2.24) is 9.97 Å². The topological polar surface area (TPSA) is 49.8 Å². The van der Waals surface area contributed by atoms with Crippen LogP contribution < -0.4 is 10.6 Å². The lowest BCUT2D eigenvalue weighted by Gasteiger charge is -2.21. The Morgan fingerprint density at radius 2 is 1.74 bits per heavy atom. The van der Waals surface area contributed by atoms with Gasteiger partial charge in [-0.1, -0.05) is 29.3 Å². The molecule has 0 fully saturated rings. The van der Waals surface area contributed by atoms with Crippen molar-refractivity contribution < 1.29 is 0 Å². The molecule has 0 aliphatic heterocycles. The first-order chi connectivity index (χ1) is 10.7. The smallest absolute Gasteiger partial charge is 0.132 e. The van der Waals surface area contributed by atoms with Crippen LogP contribution in [0.5, 0.6) is 0 Å². The molecule has 2 rings (SSSR count). The fraction of sp³-hybridized carbons (Fsp3) is 0.412. The van der Waals surface area contributed by atoms with Crippen LogP contribution in [0.4, 0.5) is 11.6 Å². The zero-order valence-electron chi connectivity index (χ0n) is 13.9. The Bertz CT molecular complexity index is 681. The van der Waals surface area contributed by atoms with Crippen LogP contribution >= 0.6 is 23.2 Å². The number of hydrogen-bond acceptors (Lipinski definition) is 4. The van der Waals surface area contributed by atoms with E-state index in [9.17, 15) is 0 Å². The van der Waals surface area contributed by atoms with Crippen LogP contribution in [0.15, 0.2) is 24.3 Å². The summed E-state index contributed by atoms with van der Waals surface area (Å²) in [5.74, 6) is 2.35. The number of nitrogens with zero attached hydrogens (tertiary/aromatic N) is 2. The van der Waals surface area contributed by atoms with Crippen LogP contribution in [0.3, 0.4) is 0 Å². The van der Waals surface area contributed by atoms with E-state index in [4.69, 9.17) is 23.2 Å². The molecule has 2 N–H and O–H groups in total. The van der Waals surface area contributed by atoms with Crippen molar-refractivity contribution >= 4 is 34.8 Å². The number of nitrogens with one attached hydrogen (secondary N) is 2. The second-order valence-corrected chi connectivity index (χ2v) is 7.32. The number of halogens is 2. The Morgan fingerprint density at radius 3 is 2.39 bits per heavy atom. The molecule has 2 aromatic rings. The highest BCUT2D eigenvalue weighted by Crippen LogP contribution is 2.21. The summed E-state index contributed by atoms with van der Waals surface area (Å²) >= 11 is 12.1. The zero-order valence-corrected chi connectivity index (χ0v) is 15.4. The minimum absolute atomic E-state index is 0.0467. The van der Waals surface area contributed by atoms with E-state index in [0.29, 0.717) is 10.0 Å². The number of rotatable bonds is 5. The summed E-state index contributed by atoms with van der Waals surface area (Å²) in [6.45, 7) is 8.90. The molecular formula is C17H22Cl2N4. The van der Waals surface area contributed by atoms with Crippen LogP contribution in [0, 0.1) is 6.92 Å². The normalized spacial score (nSPS) is 11.4. The van der Waals surface area contributed by atoms with Gasteiger partial charge in [0, 0.05) is 28.2 Å². The average molecular weight is 353 g/mol. The molecule has 23 heavy (non-hydrogen) atoms. The van der Waals surface area contributed by atoms with Crippen molar-refractivity contribution in [3.8, 4) is 0 Å². The van der Waals surface area contributed by atoms with Crippen molar-refractivity contribution in [2.45, 2.75) is 39.7 Å². The predicted molar refractivity (Wildman–Crippen MR) is 98.8 cm³/mol. The van der Waals surface area contributed by atoms with Gasteiger partial charge in [-0.3, -0.25) is 0 Å². The minimum atomic E-state index is -0.0467. The van der Waals surface area contributed by atoms with E-state index >= 15 is 0 Å². The molecule has 124 valence electrons. The lowest BCUT2D eigenvalue weighted by molar-refractivity contribution is 0.629. The SMILES string of the molecule is Cc1nc(NCCc2ccc(Cl)cc2Cl)cc(NC(C)(C)C)n1. The van der Waals surface area contributed by atoms with Crippen molar-refractivity contribution in [3.05, 3.63) is 45.7 Å². The summed E-state index contributed by atoms with van der Waals surface area (Å²) in [5.41, 5.74) is 1.01. The van der Waals surface area contributed by atoms with Gasteiger partial charge in [0.05, 0.1) is 0 Å². The number of aromatic nitrogens is 2. The molecule has 0 amide bonds. The van der Waals surface area contributed by atoms with Crippen molar-refractivity contribution in [1.29, 1.82) is 0 Å². The van der Waals surface area contributed by atoms with Crippen molar-refractivity contribution in [2.75, 3.05) is 17.2 Å². The summed E-state index contributed by atoms with van der Waals surface area (Å²) in [6, 6.07) is 7.48. The van der Waals surface area contributed by atoms with Crippen LogP contribution in [-0.4, -0.2) is 22.1 Å². The van der Waals surface area contributed by atoms with Gasteiger partial charge in [0.15, 0.2) is 0 Å². The largest absolute Gasteiger partial charge is 0.370 e. The van der Waals surface area contributed by atoms with Gasteiger partial charge in [0.1, 0.15) is 17.5 Å². The summed E-state index contributed by atoms with van der Waals surface area (Å²) < 4.78 is 0. The van der Waals surface area contributed by atoms with Crippen LogP contribution in [0.25, 0.3) is 0 Å². The molecule has 1 aromatic carbocycles. The standard InChI is InChI=1S/C17H22Cl2N4/c1-11-21-15(10-16(22-11)23-17(2,3)4)20-8-7-12-5-6-13(18)9-14(12)19/h5-6,9-10H,7-8H2,1-4H3,(H2,20,21,22,23). The molecule has 6 heteroatoms. The van der Waals surface area contributed by atoms with Crippen molar-refractivity contribution in [3.63, 3.8) is 0 Å². The molecule has 0 atom stereocenters. The Morgan fingerprint density at radius 1 is 1.04 bits per heavy atom. The van der Waals surface area contributed by atoms with E-state index in [-0.39, 0.29) is 5.54 Å². The van der Waals surface area contributed by atoms with Gasteiger partial charge in [-0.2, -0.15) is 0 Å². The molecule has 0 unspecified atom stereocenters. The predicted octanol–water partition coefficient (Wildman–Crippen LogP) is 4.96. The van der Waals surface area contributed by atoms with Gasteiger partial charge < -0.3 is 10.6 Å². The van der Waals surface area contributed by atoms with Crippen molar-refractivity contribution in [2.24, 2.45) is 0 Å². The van der Waals surface area contributed by atoms with E-state index in [2.05, 4.69) is 41.4 Å². The summed E-state index contributed by atoms with van der Waals surface area (Å²) in [6.07, 6.45) is 0.793. The third-order valence-corrected chi connectivity index (χ3v) is 3.64. The molecule has 0 spiro atoms. The molecule has 0 aliphatic carbocycles. The highest BCUT2D eigenvalue weighted by molar-refractivity contribution is 6.35. The van der Waals surface area contributed by atoms with E-state index in [1.54, 1.807) is 6.07 Å². The summed E-state index contributed by atoms with van der Waals surface area (Å²) in [5, 5.41) is 8.02. The van der Waals surface area contributed by atoms with Crippen LogP contribution in [0.2, 0.25) is 10.0 Å². The van der Waals surface area contributed by atoms with Gasteiger partial charge in [-0.05, 0) is 51.8 Å². The molecule has 0 saturated carbocycles. The fourth-order valence-electron chi connectivity index (χ4n) is 2.16. The van der Waals surface area contributed by atoms with E-state index in [1.165, 1.54) is 0 Å². The summed E-state index contributed by atoms with van der Waals surface area (Å²) in [4.78, 5) is 8.83. The van der Waals surface area contributed by atoms with E-state index in [0.717, 1.165) is 36.0 Å². The molecule has 4 nitrogen and oxygen atoms in total. The molecule has 0 bridgehead atoms. The molecule has 0 saturated heterocycles. The van der Waals surface area contributed by atoms with Gasteiger partial charge in [-0.25, -0.2) is 9.97 Å². The van der Waals surface area contributed by atoms with E-state index < -0.39 is 0 Å². The maximum atomic E-state index is 6.19. The minimum Gasteiger partial charge on any atom is -0.370 e. The fourth-order valence-corrected chi connectivity index (χ4v) is 2.66. The Labute approximate surface area is 147 Å². The molecule has 1 aromatic heterocycles. The second-order valence-electron chi connectivity index (χ2n) is 6.47. The highest BCUT2D eigenvalue weighted by atomic mass is 35.5. The molecule has 0 radical (unpaired) electrons. The quantitative estimate of drug-likeness (QED) is 0.798. The summed E-state index contributed by atoms with van der Waals surface area (Å²) in [7, 11) is 0. The first-order valence-corrected chi connectivity index (χ1v) is 8.30. The zero-order chi connectivity index (χ0) is 17.0. The van der Waals surface area contributed by atoms with Gasteiger partial charge >= 0.3 is 0 Å². The Balaban J connectivity index is 2.00. The van der Waals surface area contributed by atoms with Gasteiger partial charge in [0.2, 0.25) is 0 Å². The number of hydrogen-bond donors (Lipinski definition) is 2. The molecular weight excluding hydrogens is 331 g/mol. The number of anilines is 2. The average Bonchev–Trinajstić information content (AvgIpc) is 2.38. The van der Waals surface area contributed by atoms with Gasteiger partial charge in [-0.15, -0.1) is 0 Å². The highest BCUT2D eigenvalue weighted by Gasteiger charge is 2.11. The molecule has 0 aliphatic rings. The third kappa shape index (κ3) is 5.88. The first-order valence-electron chi connectivity index (χ1n) is 7.54. The third-order valence-electron chi connectivity index (χ3n) is 3.06. The monoisotopic (exact) mass is 352 g/mol. The van der Waals surface area contributed by atoms with Crippen LogP contribution in [-0.2, 0) is 6.42 Å². The van der Waals surface area contributed by atoms with E-state index in [1.807, 2.05) is 25.1 Å². The Kier molecular flexibility index (Phi) is 5.71. The second kappa shape index (κ2) is 7.37. The van der Waals surface area contributed by atoms with Gasteiger partial charge in [0.25, 0.3) is 0 Å². The lowest BCUT2D eigenvalue weighted by atomic mass is 10.1. The Hall–Kier alpha value is -1.52. The first kappa shape index (κ1) is 17.8. The number of benzene rings is 1. The number of aryl methyl sites for hydroxylation is 1. The van der Waals surface area contributed by atoms with Crippen LogP contribution in [0.1, 0.15) is 32.2 Å². The maximum absolute atomic E-state index is 6.19. The lowest BCUT2D eigenvalue weighted by Crippen LogP contribution is -2.27. The molecule has 1 heterocycles.